The van der Waals surface area contributed by atoms with Crippen molar-refractivity contribution in [2.24, 2.45) is 0 Å². The van der Waals surface area contributed by atoms with Crippen LogP contribution in [0.1, 0.15) is 10.4 Å². The Hall–Kier alpha value is -2.78. The molecule has 0 unspecified atom stereocenters. The molecule has 0 spiro atoms. The van der Waals surface area contributed by atoms with Gasteiger partial charge in [-0.3, -0.25) is 4.79 Å². The van der Waals surface area contributed by atoms with Crippen LogP contribution in [-0.2, 0) is 10.0 Å². The van der Waals surface area contributed by atoms with Crippen molar-refractivity contribution in [2.75, 3.05) is 40.7 Å². The minimum absolute atomic E-state index is 0.00390. The Kier molecular flexibility index (Phi) is 6.29. The van der Waals surface area contributed by atoms with Gasteiger partial charge >= 0.3 is 0 Å². The van der Waals surface area contributed by atoms with Crippen LogP contribution < -0.4 is 19.5 Å². The summed E-state index contributed by atoms with van der Waals surface area (Å²) in [5, 5.41) is 2.63. The Balaban J connectivity index is 2.45. The number of hydrogen-bond donors (Lipinski definition) is 1. The Morgan fingerprint density at radius 3 is 2.00 bits per heavy atom. The fourth-order valence-corrected chi connectivity index (χ4v) is 3.44. The van der Waals surface area contributed by atoms with Crippen molar-refractivity contribution in [3.05, 3.63) is 42.0 Å². The molecule has 9 heteroatoms. The summed E-state index contributed by atoms with van der Waals surface area (Å²) in [6.45, 7) is 0. The first-order chi connectivity index (χ1) is 12.8. The molecule has 2 aromatic rings. The maximum atomic E-state index is 12.7. The molecule has 0 fully saturated rings. The van der Waals surface area contributed by atoms with Crippen LogP contribution in [0.4, 0.5) is 5.69 Å². The van der Waals surface area contributed by atoms with E-state index in [0.717, 1.165) is 4.31 Å². The number of nitrogens with one attached hydrogen (secondary N) is 1. The van der Waals surface area contributed by atoms with Gasteiger partial charge in [-0.15, -0.1) is 0 Å². The van der Waals surface area contributed by atoms with Gasteiger partial charge in [-0.05, 0) is 24.3 Å². The maximum absolute atomic E-state index is 12.7. The number of ether oxygens (including phenoxy) is 3. The van der Waals surface area contributed by atoms with E-state index < -0.39 is 15.9 Å². The van der Waals surface area contributed by atoms with Crippen molar-refractivity contribution in [1.82, 2.24) is 4.31 Å². The van der Waals surface area contributed by atoms with Gasteiger partial charge in [0.2, 0.25) is 15.8 Å². The van der Waals surface area contributed by atoms with E-state index in [0.29, 0.717) is 17.2 Å². The molecule has 0 aliphatic carbocycles. The van der Waals surface area contributed by atoms with Crippen molar-refractivity contribution in [1.29, 1.82) is 0 Å². The van der Waals surface area contributed by atoms with Crippen molar-refractivity contribution < 1.29 is 27.4 Å². The molecular weight excluding hydrogens is 372 g/mol. The van der Waals surface area contributed by atoms with Crippen LogP contribution in [0.25, 0.3) is 0 Å². The largest absolute Gasteiger partial charge is 0.493 e. The Morgan fingerprint density at radius 2 is 1.52 bits per heavy atom. The molecule has 0 aromatic heterocycles. The molecule has 0 saturated carbocycles. The average Bonchev–Trinajstić information content (AvgIpc) is 2.66. The summed E-state index contributed by atoms with van der Waals surface area (Å²) in [4.78, 5) is 12.7. The van der Waals surface area contributed by atoms with Crippen LogP contribution >= 0.6 is 0 Å². The molecule has 0 aliphatic heterocycles. The minimum atomic E-state index is -3.72. The highest BCUT2D eigenvalue weighted by Crippen LogP contribution is 2.38. The summed E-state index contributed by atoms with van der Waals surface area (Å²) in [6.07, 6.45) is 0. The SMILES string of the molecule is COc1cc(C(=O)Nc2ccccc2S(=O)(=O)N(C)C)cc(OC)c1OC. The summed E-state index contributed by atoms with van der Waals surface area (Å²) in [5.41, 5.74) is 0.395. The van der Waals surface area contributed by atoms with E-state index in [1.54, 1.807) is 12.1 Å². The van der Waals surface area contributed by atoms with Crippen molar-refractivity contribution in [2.45, 2.75) is 4.90 Å². The first-order valence-corrected chi connectivity index (χ1v) is 9.33. The number of hydrogen-bond acceptors (Lipinski definition) is 6. The number of para-hydroxylation sites is 1. The zero-order valence-corrected chi connectivity index (χ0v) is 16.6. The highest BCUT2D eigenvalue weighted by atomic mass is 32.2. The van der Waals surface area contributed by atoms with Gasteiger partial charge in [0.1, 0.15) is 4.90 Å². The molecule has 0 heterocycles. The quantitative estimate of drug-likeness (QED) is 0.774. The third-order valence-corrected chi connectivity index (χ3v) is 5.69. The van der Waals surface area contributed by atoms with Gasteiger partial charge in [0, 0.05) is 19.7 Å². The zero-order chi connectivity index (χ0) is 20.2. The molecule has 8 nitrogen and oxygen atoms in total. The third kappa shape index (κ3) is 4.15. The molecule has 146 valence electrons. The maximum Gasteiger partial charge on any atom is 0.255 e. The lowest BCUT2D eigenvalue weighted by molar-refractivity contribution is 0.102. The molecule has 0 saturated heterocycles. The first-order valence-electron chi connectivity index (χ1n) is 7.89. The molecule has 27 heavy (non-hydrogen) atoms. The van der Waals surface area contributed by atoms with Crippen molar-refractivity contribution in [3.8, 4) is 17.2 Å². The minimum Gasteiger partial charge on any atom is -0.493 e. The number of anilines is 1. The normalized spacial score (nSPS) is 11.2. The molecule has 1 amide bonds. The second kappa shape index (κ2) is 8.28. The van der Waals surface area contributed by atoms with Crippen LogP contribution in [0.15, 0.2) is 41.3 Å². The summed E-state index contributed by atoms with van der Waals surface area (Å²) < 4.78 is 41.7. The van der Waals surface area contributed by atoms with Crippen LogP contribution in [0.3, 0.4) is 0 Å². The number of sulfonamides is 1. The summed E-state index contributed by atoms with van der Waals surface area (Å²) in [5.74, 6) is 0.468. The highest BCUT2D eigenvalue weighted by Gasteiger charge is 2.23. The molecule has 0 radical (unpaired) electrons. The van der Waals surface area contributed by atoms with Gasteiger partial charge in [-0.25, -0.2) is 12.7 Å². The van der Waals surface area contributed by atoms with Gasteiger partial charge in [-0.2, -0.15) is 0 Å². The van der Waals surface area contributed by atoms with Crippen LogP contribution in [0.5, 0.6) is 17.2 Å². The predicted molar refractivity (Wildman–Crippen MR) is 101 cm³/mol. The fraction of sp³-hybridized carbons (Fsp3) is 0.278. The summed E-state index contributed by atoms with van der Waals surface area (Å²) in [7, 11) is 3.47. The van der Waals surface area contributed by atoms with Gasteiger partial charge in [0.15, 0.2) is 11.5 Å². The molecule has 2 aromatic carbocycles. The number of nitrogens with zero attached hydrogens (tertiary/aromatic N) is 1. The Bertz CT molecular complexity index is 916. The van der Waals surface area contributed by atoms with E-state index in [1.807, 2.05) is 0 Å². The summed E-state index contributed by atoms with van der Waals surface area (Å²) in [6, 6.07) is 9.15. The Labute approximate surface area is 158 Å². The smallest absolute Gasteiger partial charge is 0.255 e. The van der Waals surface area contributed by atoms with E-state index in [1.165, 1.54) is 59.7 Å². The van der Waals surface area contributed by atoms with E-state index in [4.69, 9.17) is 14.2 Å². The zero-order valence-electron chi connectivity index (χ0n) is 15.8. The second-order valence-electron chi connectivity index (χ2n) is 5.65. The van der Waals surface area contributed by atoms with Crippen molar-refractivity contribution >= 4 is 21.6 Å². The molecule has 2 rings (SSSR count). The predicted octanol–water partition coefficient (Wildman–Crippen LogP) is 2.21. The van der Waals surface area contributed by atoms with Crippen molar-refractivity contribution in [3.63, 3.8) is 0 Å². The number of amides is 1. The number of methoxy groups -OCH3 is 3. The molecule has 0 aliphatic rings. The number of carbonyl (C=O) groups is 1. The van der Waals surface area contributed by atoms with E-state index in [9.17, 15) is 13.2 Å². The van der Waals surface area contributed by atoms with Gasteiger partial charge in [0.05, 0.1) is 27.0 Å². The van der Waals surface area contributed by atoms with Crippen LogP contribution in [0, 0.1) is 0 Å². The lowest BCUT2D eigenvalue weighted by Gasteiger charge is -2.17. The highest BCUT2D eigenvalue weighted by molar-refractivity contribution is 7.89. The topological polar surface area (TPSA) is 94.2 Å². The van der Waals surface area contributed by atoms with Crippen LogP contribution in [-0.4, -0.2) is 54.1 Å². The molecule has 1 N–H and O–H groups in total. The lowest BCUT2D eigenvalue weighted by Crippen LogP contribution is -2.24. The fourth-order valence-electron chi connectivity index (χ4n) is 2.40. The average molecular weight is 394 g/mol. The summed E-state index contributed by atoms with van der Waals surface area (Å²) >= 11 is 0. The monoisotopic (exact) mass is 394 g/mol. The van der Waals surface area contributed by atoms with Gasteiger partial charge in [0.25, 0.3) is 5.91 Å². The standard InChI is InChI=1S/C18H22N2O6S/c1-20(2)27(22,23)16-9-7-6-8-13(16)19-18(21)12-10-14(24-3)17(26-5)15(11-12)25-4/h6-11H,1-5H3,(H,19,21). The first kappa shape index (κ1) is 20.5. The van der Waals surface area contributed by atoms with Gasteiger partial charge < -0.3 is 19.5 Å². The number of carbonyl (C=O) groups excluding carboxylic acids is 1. The van der Waals surface area contributed by atoms with E-state index in [2.05, 4.69) is 5.32 Å². The Morgan fingerprint density at radius 1 is 0.963 bits per heavy atom. The van der Waals surface area contributed by atoms with Crippen LogP contribution in [0.2, 0.25) is 0 Å². The second-order valence-corrected chi connectivity index (χ2v) is 7.77. The number of rotatable bonds is 7. The number of benzene rings is 2. The van der Waals surface area contributed by atoms with E-state index in [-0.39, 0.29) is 16.1 Å². The molecule has 0 atom stereocenters. The molecule has 0 bridgehead atoms. The molecular formula is C18H22N2O6S. The van der Waals surface area contributed by atoms with Gasteiger partial charge in [-0.1, -0.05) is 12.1 Å². The van der Waals surface area contributed by atoms with E-state index >= 15 is 0 Å². The third-order valence-electron chi connectivity index (χ3n) is 3.82. The lowest BCUT2D eigenvalue weighted by atomic mass is 10.1.